The highest BCUT2D eigenvalue weighted by molar-refractivity contribution is 7.85. The molecule has 4 N–H and O–H groups in total. The summed E-state index contributed by atoms with van der Waals surface area (Å²) >= 11 is 0. The number of hydrogen-bond acceptors (Lipinski definition) is 4. The van der Waals surface area contributed by atoms with Crippen LogP contribution in [0, 0.1) is 6.92 Å². The number of nitrogen functional groups attached to an aromatic ring is 1. The Kier molecular flexibility index (Phi) is 2.68. The molecule has 0 bridgehead atoms. The van der Waals surface area contributed by atoms with Crippen LogP contribution in [0.5, 0.6) is 0 Å². The van der Waals surface area contributed by atoms with Crippen LogP contribution >= 0.6 is 0 Å². The number of nitrogens with two attached hydrogens (primary N) is 1. The summed E-state index contributed by atoms with van der Waals surface area (Å²) in [6.45, 7) is 1.76. The average Bonchev–Trinajstić information content (AvgIpc) is 2.07. The quantitative estimate of drug-likeness (QED) is 0.504. The third-order valence-corrected chi connectivity index (χ3v) is 2.82. The van der Waals surface area contributed by atoms with Gasteiger partial charge in [0.25, 0.3) is 10.1 Å². The van der Waals surface area contributed by atoms with Gasteiger partial charge in [0.05, 0.1) is 4.90 Å². The molecular formula is C8H12N2O3S. The molecular weight excluding hydrogens is 204 g/mol. The van der Waals surface area contributed by atoms with E-state index in [4.69, 9.17) is 10.3 Å². The summed E-state index contributed by atoms with van der Waals surface area (Å²) in [7, 11) is -2.55. The van der Waals surface area contributed by atoms with Gasteiger partial charge in [-0.2, -0.15) is 8.42 Å². The molecule has 0 saturated carbocycles. The predicted octanol–water partition coefficient (Wildman–Crippen LogP) is 0.866. The van der Waals surface area contributed by atoms with Crippen molar-refractivity contribution < 1.29 is 13.0 Å². The first-order valence-electron chi connectivity index (χ1n) is 3.91. The van der Waals surface area contributed by atoms with Crippen molar-refractivity contribution in [3.63, 3.8) is 0 Å². The Morgan fingerprint density at radius 2 is 2.00 bits per heavy atom. The van der Waals surface area contributed by atoms with Gasteiger partial charge < -0.3 is 11.1 Å². The third-order valence-electron chi connectivity index (χ3n) is 1.99. The molecule has 5 nitrogen and oxygen atoms in total. The summed E-state index contributed by atoms with van der Waals surface area (Å²) in [4.78, 5) is -0.204. The Morgan fingerprint density at radius 3 is 2.43 bits per heavy atom. The summed E-state index contributed by atoms with van der Waals surface area (Å²) in [6, 6.07) is 2.56. The van der Waals surface area contributed by atoms with Crippen molar-refractivity contribution in [2.24, 2.45) is 0 Å². The molecule has 0 heterocycles. The summed E-state index contributed by atoms with van der Waals surface area (Å²) < 4.78 is 30.5. The Bertz CT molecular complexity index is 454. The molecule has 1 aromatic carbocycles. The number of rotatable bonds is 2. The smallest absolute Gasteiger partial charge is 0.294 e. The molecule has 0 aliphatic carbocycles. The van der Waals surface area contributed by atoms with E-state index < -0.39 is 10.1 Å². The second kappa shape index (κ2) is 3.47. The summed E-state index contributed by atoms with van der Waals surface area (Å²) in [5.41, 5.74) is 7.23. The molecule has 0 fully saturated rings. The Morgan fingerprint density at radius 1 is 1.43 bits per heavy atom. The van der Waals surface area contributed by atoms with E-state index in [0.29, 0.717) is 11.4 Å². The Labute approximate surface area is 82.7 Å². The SMILES string of the molecule is CNc1cc(S(=O)(=O)O)cc(N)c1C. The monoisotopic (exact) mass is 216 g/mol. The van der Waals surface area contributed by atoms with Crippen LogP contribution < -0.4 is 11.1 Å². The first kappa shape index (κ1) is 10.8. The highest BCUT2D eigenvalue weighted by atomic mass is 32.2. The molecule has 0 aromatic heterocycles. The van der Waals surface area contributed by atoms with Crippen LogP contribution in [0.3, 0.4) is 0 Å². The fourth-order valence-corrected chi connectivity index (χ4v) is 1.66. The minimum absolute atomic E-state index is 0.204. The molecule has 1 rings (SSSR count). The molecule has 6 heteroatoms. The van der Waals surface area contributed by atoms with Gasteiger partial charge in [0.15, 0.2) is 0 Å². The van der Waals surface area contributed by atoms with E-state index in [0.717, 1.165) is 5.56 Å². The first-order valence-corrected chi connectivity index (χ1v) is 5.35. The number of hydrogen-bond donors (Lipinski definition) is 3. The number of anilines is 2. The fourth-order valence-electron chi connectivity index (χ4n) is 1.12. The van der Waals surface area contributed by atoms with Gasteiger partial charge in [0.2, 0.25) is 0 Å². The number of nitrogens with one attached hydrogen (secondary N) is 1. The standard InChI is InChI=1S/C8H12N2O3S/c1-5-7(9)3-6(14(11,12)13)4-8(5)10-2/h3-4,10H,9H2,1-2H3,(H,11,12,13). The van der Waals surface area contributed by atoms with Crippen LogP contribution in [0.4, 0.5) is 11.4 Å². The number of benzene rings is 1. The van der Waals surface area contributed by atoms with Crippen molar-refractivity contribution in [2.75, 3.05) is 18.1 Å². The minimum Gasteiger partial charge on any atom is -0.398 e. The van der Waals surface area contributed by atoms with E-state index >= 15 is 0 Å². The van der Waals surface area contributed by atoms with E-state index in [1.54, 1.807) is 14.0 Å². The minimum atomic E-state index is -4.19. The van der Waals surface area contributed by atoms with Gasteiger partial charge >= 0.3 is 0 Å². The van der Waals surface area contributed by atoms with Gasteiger partial charge in [-0.15, -0.1) is 0 Å². The van der Waals surface area contributed by atoms with E-state index in [-0.39, 0.29) is 4.90 Å². The molecule has 1 aromatic rings. The van der Waals surface area contributed by atoms with Crippen LogP contribution in [0.15, 0.2) is 17.0 Å². The highest BCUT2D eigenvalue weighted by Gasteiger charge is 2.13. The molecule has 0 spiro atoms. The molecule has 0 amide bonds. The fraction of sp³-hybridized carbons (Fsp3) is 0.250. The van der Waals surface area contributed by atoms with Crippen LogP contribution in [-0.4, -0.2) is 20.0 Å². The lowest BCUT2D eigenvalue weighted by Gasteiger charge is -2.09. The zero-order valence-corrected chi connectivity index (χ0v) is 8.72. The van der Waals surface area contributed by atoms with Crippen molar-refractivity contribution in [3.05, 3.63) is 17.7 Å². The van der Waals surface area contributed by atoms with Crippen LogP contribution in [0.25, 0.3) is 0 Å². The Balaban J connectivity index is 3.46. The van der Waals surface area contributed by atoms with Crippen molar-refractivity contribution in [1.82, 2.24) is 0 Å². The maximum atomic E-state index is 10.8. The second-order valence-electron chi connectivity index (χ2n) is 2.91. The van der Waals surface area contributed by atoms with Crippen LogP contribution in [0.2, 0.25) is 0 Å². The second-order valence-corrected chi connectivity index (χ2v) is 4.33. The van der Waals surface area contributed by atoms with Crippen LogP contribution in [0.1, 0.15) is 5.56 Å². The van der Waals surface area contributed by atoms with Gasteiger partial charge in [0, 0.05) is 18.4 Å². The van der Waals surface area contributed by atoms with Crippen molar-refractivity contribution in [1.29, 1.82) is 0 Å². The maximum absolute atomic E-state index is 10.8. The van der Waals surface area contributed by atoms with E-state index in [1.165, 1.54) is 12.1 Å². The summed E-state index contributed by atoms with van der Waals surface area (Å²) in [6.07, 6.45) is 0. The Hall–Kier alpha value is -1.27. The lowest BCUT2D eigenvalue weighted by molar-refractivity contribution is 0.483. The highest BCUT2D eigenvalue weighted by Crippen LogP contribution is 2.25. The zero-order valence-electron chi connectivity index (χ0n) is 7.90. The van der Waals surface area contributed by atoms with Crippen molar-refractivity contribution in [3.8, 4) is 0 Å². The topological polar surface area (TPSA) is 92.4 Å². The molecule has 0 unspecified atom stereocenters. The van der Waals surface area contributed by atoms with Gasteiger partial charge in [-0.25, -0.2) is 0 Å². The summed E-state index contributed by atoms with van der Waals surface area (Å²) in [5, 5.41) is 2.79. The van der Waals surface area contributed by atoms with Crippen molar-refractivity contribution >= 4 is 21.5 Å². The van der Waals surface area contributed by atoms with Gasteiger partial charge in [-0.05, 0) is 24.6 Å². The first-order chi connectivity index (χ1) is 6.36. The predicted molar refractivity (Wildman–Crippen MR) is 55.0 cm³/mol. The normalized spacial score (nSPS) is 11.4. The molecule has 78 valence electrons. The zero-order chi connectivity index (χ0) is 10.9. The maximum Gasteiger partial charge on any atom is 0.294 e. The third kappa shape index (κ3) is 1.97. The van der Waals surface area contributed by atoms with E-state index in [2.05, 4.69) is 5.32 Å². The molecule has 0 aliphatic heterocycles. The molecule has 0 saturated heterocycles. The molecule has 0 radical (unpaired) electrons. The van der Waals surface area contributed by atoms with Gasteiger partial charge in [0.1, 0.15) is 0 Å². The van der Waals surface area contributed by atoms with Crippen molar-refractivity contribution in [2.45, 2.75) is 11.8 Å². The van der Waals surface area contributed by atoms with Crippen LogP contribution in [-0.2, 0) is 10.1 Å². The van der Waals surface area contributed by atoms with Gasteiger partial charge in [-0.3, -0.25) is 4.55 Å². The van der Waals surface area contributed by atoms with E-state index in [9.17, 15) is 8.42 Å². The van der Waals surface area contributed by atoms with Gasteiger partial charge in [-0.1, -0.05) is 0 Å². The lowest BCUT2D eigenvalue weighted by atomic mass is 10.1. The molecule has 0 aliphatic rings. The molecule has 14 heavy (non-hydrogen) atoms. The average molecular weight is 216 g/mol. The summed E-state index contributed by atoms with van der Waals surface area (Å²) in [5.74, 6) is 0. The molecule has 0 atom stereocenters. The largest absolute Gasteiger partial charge is 0.398 e. The van der Waals surface area contributed by atoms with E-state index in [1.807, 2.05) is 0 Å². The lowest BCUT2D eigenvalue weighted by Crippen LogP contribution is -2.03.